The molecule has 2 aromatic rings. The van der Waals surface area contributed by atoms with Crippen molar-refractivity contribution in [3.63, 3.8) is 0 Å². The SMILES string of the molecule is CC(N)(CO)CO.CC(N)(CO)CO.O=P(O)(O)Oc1c[nH]c2ccc(Br)c(Cl)c12. The fraction of sp³-hybridized carbons (Fsp3) is 0.500. The van der Waals surface area contributed by atoms with Gasteiger partial charge in [0.25, 0.3) is 0 Å². The second-order valence-corrected chi connectivity index (χ2v) is 9.36. The third kappa shape index (κ3) is 10.5. The molecule has 0 spiro atoms. The van der Waals surface area contributed by atoms with Crippen molar-refractivity contribution < 1.29 is 39.3 Å². The van der Waals surface area contributed by atoms with Crippen molar-refractivity contribution in [3.05, 3.63) is 27.8 Å². The van der Waals surface area contributed by atoms with Gasteiger partial charge in [0.05, 0.1) is 53.4 Å². The summed E-state index contributed by atoms with van der Waals surface area (Å²) in [7, 11) is -4.59. The maximum atomic E-state index is 10.7. The van der Waals surface area contributed by atoms with Crippen molar-refractivity contribution >= 4 is 46.3 Å². The Labute approximate surface area is 187 Å². The maximum absolute atomic E-state index is 10.7. The van der Waals surface area contributed by atoms with Crippen LogP contribution >= 0.6 is 35.4 Å². The number of halogens is 2. The van der Waals surface area contributed by atoms with E-state index in [1.165, 1.54) is 6.20 Å². The summed E-state index contributed by atoms with van der Waals surface area (Å²) in [5.74, 6) is 0.0228. The number of hydrogen-bond acceptors (Lipinski definition) is 8. The number of H-pyrrole nitrogens is 1. The number of rotatable bonds is 6. The average Bonchev–Trinajstić information content (AvgIpc) is 3.07. The minimum atomic E-state index is -4.59. The second-order valence-electron chi connectivity index (χ2n) is 6.96. The molecule has 1 aromatic heterocycles. The summed E-state index contributed by atoms with van der Waals surface area (Å²) in [5, 5.41) is 34.0. The summed E-state index contributed by atoms with van der Waals surface area (Å²) >= 11 is 9.22. The van der Waals surface area contributed by atoms with Crippen LogP contribution in [0.2, 0.25) is 5.02 Å². The van der Waals surface area contributed by atoms with E-state index in [0.717, 1.165) is 0 Å². The van der Waals surface area contributed by atoms with Crippen LogP contribution in [0.4, 0.5) is 0 Å². The van der Waals surface area contributed by atoms with E-state index in [9.17, 15) is 4.57 Å². The Morgan fingerprint density at radius 2 is 1.50 bits per heavy atom. The molecule has 30 heavy (non-hydrogen) atoms. The van der Waals surface area contributed by atoms with E-state index >= 15 is 0 Å². The van der Waals surface area contributed by atoms with Gasteiger partial charge in [-0.25, -0.2) is 4.57 Å². The largest absolute Gasteiger partial charge is 0.524 e. The highest BCUT2D eigenvalue weighted by Gasteiger charge is 2.20. The number of aromatic amines is 1. The maximum Gasteiger partial charge on any atom is 0.524 e. The molecule has 0 amide bonds. The molecular formula is C16H28BrClN3O8P. The van der Waals surface area contributed by atoms with Crippen molar-refractivity contribution in [1.82, 2.24) is 4.98 Å². The van der Waals surface area contributed by atoms with Crippen LogP contribution in [0.1, 0.15) is 13.8 Å². The van der Waals surface area contributed by atoms with Gasteiger partial charge >= 0.3 is 7.82 Å². The predicted octanol–water partition coefficient (Wildman–Crippen LogP) is 0.432. The Balaban J connectivity index is 0.000000503. The number of aliphatic hydroxyl groups excluding tert-OH is 4. The Hall–Kier alpha value is -0.760. The van der Waals surface area contributed by atoms with Crippen LogP contribution in [0.3, 0.4) is 0 Å². The standard InChI is InChI=1S/C8H6BrClNO4P.2C4H11NO2/c9-4-1-2-5-7(8(4)10)6(3-11-5)15-16(12,13)14;2*1-4(5,2-6)3-7/h1-3,11H,(H2,12,13,14);2*6-7H,2-3,5H2,1H3. The number of aliphatic hydroxyl groups is 4. The first-order valence-electron chi connectivity index (χ1n) is 8.34. The first-order valence-corrected chi connectivity index (χ1v) is 11.0. The van der Waals surface area contributed by atoms with Crippen molar-refractivity contribution in [2.24, 2.45) is 11.5 Å². The number of hydrogen-bond donors (Lipinski definition) is 9. The summed E-state index contributed by atoms with van der Waals surface area (Å²) in [4.78, 5) is 20.3. The molecule has 1 heterocycles. The lowest BCUT2D eigenvalue weighted by Gasteiger charge is -2.16. The number of phosphoric acid groups is 1. The van der Waals surface area contributed by atoms with E-state index in [1.54, 1.807) is 26.0 Å². The molecule has 0 bridgehead atoms. The minimum Gasteiger partial charge on any atom is -0.402 e. The highest BCUT2D eigenvalue weighted by Crippen LogP contribution is 2.44. The Kier molecular flexibility index (Phi) is 12.0. The Morgan fingerprint density at radius 3 is 1.83 bits per heavy atom. The summed E-state index contributed by atoms with van der Waals surface area (Å²) in [6.07, 6.45) is 1.35. The van der Waals surface area contributed by atoms with E-state index in [1.807, 2.05) is 0 Å². The van der Waals surface area contributed by atoms with Crippen LogP contribution in [0.5, 0.6) is 5.75 Å². The van der Waals surface area contributed by atoms with E-state index in [2.05, 4.69) is 25.4 Å². The van der Waals surface area contributed by atoms with Gasteiger partial charge in [-0.05, 0) is 41.9 Å². The molecule has 0 unspecified atom stereocenters. The smallest absolute Gasteiger partial charge is 0.402 e. The average molecular weight is 537 g/mol. The van der Waals surface area contributed by atoms with E-state index in [0.29, 0.717) is 20.4 Å². The van der Waals surface area contributed by atoms with Gasteiger partial charge in [0, 0.05) is 10.7 Å². The number of benzene rings is 1. The van der Waals surface area contributed by atoms with Gasteiger partial charge in [0.1, 0.15) is 0 Å². The molecule has 174 valence electrons. The molecule has 0 atom stereocenters. The van der Waals surface area contributed by atoms with Gasteiger partial charge in [-0.3, -0.25) is 9.79 Å². The van der Waals surface area contributed by atoms with Crippen LogP contribution in [0.15, 0.2) is 22.8 Å². The van der Waals surface area contributed by atoms with E-state index in [4.69, 9.17) is 53.3 Å². The highest BCUT2D eigenvalue weighted by molar-refractivity contribution is 9.10. The van der Waals surface area contributed by atoms with Gasteiger partial charge in [0.2, 0.25) is 0 Å². The van der Waals surface area contributed by atoms with Gasteiger partial charge in [-0.1, -0.05) is 11.6 Å². The lowest BCUT2D eigenvalue weighted by molar-refractivity contribution is 0.134. The first kappa shape index (κ1) is 29.2. The molecule has 11 nitrogen and oxygen atoms in total. The monoisotopic (exact) mass is 535 g/mol. The molecule has 0 saturated carbocycles. The van der Waals surface area contributed by atoms with Gasteiger partial charge < -0.3 is 41.4 Å². The van der Waals surface area contributed by atoms with Crippen LogP contribution in [0, 0.1) is 0 Å². The van der Waals surface area contributed by atoms with E-state index in [-0.39, 0.29) is 32.2 Å². The molecule has 0 saturated heterocycles. The molecule has 0 fully saturated rings. The fourth-order valence-corrected chi connectivity index (χ4v) is 2.42. The predicted molar refractivity (Wildman–Crippen MR) is 117 cm³/mol. The number of nitrogens with one attached hydrogen (secondary N) is 1. The fourth-order valence-electron chi connectivity index (χ4n) is 1.43. The third-order valence-electron chi connectivity index (χ3n) is 3.36. The zero-order valence-electron chi connectivity index (χ0n) is 16.4. The van der Waals surface area contributed by atoms with Crippen LogP contribution in [-0.4, -0.2) is 72.7 Å². The summed E-state index contributed by atoms with van der Waals surface area (Å²) in [5.41, 5.74) is 9.46. The second kappa shape index (κ2) is 12.3. The lowest BCUT2D eigenvalue weighted by atomic mass is 10.1. The van der Waals surface area contributed by atoms with Crippen molar-refractivity contribution in [1.29, 1.82) is 0 Å². The van der Waals surface area contributed by atoms with Gasteiger partial charge in [-0.15, -0.1) is 0 Å². The van der Waals surface area contributed by atoms with E-state index < -0.39 is 18.9 Å². The molecule has 0 radical (unpaired) electrons. The molecule has 2 rings (SSSR count). The molecule has 11 N–H and O–H groups in total. The van der Waals surface area contributed by atoms with Gasteiger partial charge in [-0.2, -0.15) is 0 Å². The molecule has 14 heteroatoms. The quantitative estimate of drug-likeness (QED) is 0.232. The molecule has 0 aliphatic carbocycles. The first-order chi connectivity index (χ1) is 13.6. The molecular weight excluding hydrogens is 509 g/mol. The number of phosphoric ester groups is 1. The zero-order chi connectivity index (χ0) is 23.8. The van der Waals surface area contributed by atoms with Gasteiger partial charge in [0.15, 0.2) is 5.75 Å². The summed E-state index contributed by atoms with van der Waals surface area (Å²) in [6, 6.07) is 3.44. The van der Waals surface area contributed by atoms with Crippen molar-refractivity contribution in [3.8, 4) is 5.75 Å². The minimum absolute atomic E-state index is 0.0228. The normalized spacial score (nSPS) is 12.0. The number of fused-ring (bicyclic) bond motifs is 1. The van der Waals surface area contributed by atoms with Crippen molar-refractivity contribution in [2.45, 2.75) is 24.9 Å². The lowest BCUT2D eigenvalue weighted by Crippen LogP contribution is -2.43. The number of aromatic nitrogens is 1. The molecule has 0 aliphatic rings. The Bertz CT molecular complexity index is 815. The van der Waals surface area contributed by atoms with Crippen LogP contribution in [0.25, 0.3) is 10.9 Å². The third-order valence-corrected chi connectivity index (χ3v) is 5.08. The molecule has 1 aromatic carbocycles. The van der Waals surface area contributed by atoms with Crippen LogP contribution < -0.4 is 16.0 Å². The Morgan fingerprint density at radius 1 is 1.07 bits per heavy atom. The number of nitrogens with two attached hydrogens (primary N) is 2. The summed E-state index contributed by atoms with van der Waals surface area (Å²) < 4.78 is 15.9. The van der Waals surface area contributed by atoms with Crippen molar-refractivity contribution in [2.75, 3.05) is 26.4 Å². The topological polar surface area (TPSA) is 216 Å². The van der Waals surface area contributed by atoms with Crippen LogP contribution in [-0.2, 0) is 4.57 Å². The highest BCUT2D eigenvalue weighted by atomic mass is 79.9. The molecule has 0 aliphatic heterocycles. The summed E-state index contributed by atoms with van der Waals surface area (Å²) in [6.45, 7) is 2.44. The zero-order valence-corrected chi connectivity index (χ0v) is 19.7.